The molecule has 0 aromatic rings. The summed E-state index contributed by atoms with van der Waals surface area (Å²) in [5.41, 5.74) is 0.108. The molecule has 1 N–H and O–H groups in total. The van der Waals surface area contributed by atoms with Crippen molar-refractivity contribution in [3.8, 4) is 0 Å². The minimum atomic E-state index is -0.570. The maximum atomic E-state index is 13.3. The van der Waals surface area contributed by atoms with Gasteiger partial charge in [-0.2, -0.15) is 0 Å². The second-order valence-corrected chi connectivity index (χ2v) is 11.1. The molecule has 1 saturated heterocycles. The van der Waals surface area contributed by atoms with Crippen LogP contribution in [0.3, 0.4) is 0 Å². The summed E-state index contributed by atoms with van der Waals surface area (Å²) in [6.45, 7) is 0. The quantitative estimate of drug-likeness (QED) is 0.573. The molecule has 6 heteroatoms. The van der Waals surface area contributed by atoms with Gasteiger partial charge in [-0.1, -0.05) is 15.9 Å². The van der Waals surface area contributed by atoms with Crippen LogP contribution in [-0.2, 0) is 14.4 Å². The number of carbonyl (C=O) groups is 3. The number of halogens is 1. The fourth-order valence-electron chi connectivity index (χ4n) is 6.70. The normalized spacial score (nSPS) is 44.9. The van der Waals surface area contributed by atoms with Gasteiger partial charge in [0.2, 0.25) is 17.7 Å². The Labute approximate surface area is 156 Å². The molecule has 1 aliphatic heterocycles. The number of carbonyl (C=O) groups excluding carboxylic acids is 3. The van der Waals surface area contributed by atoms with E-state index in [9.17, 15) is 14.4 Å². The van der Waals surface area contributed by atoms with E-state index in [0.717, 1.165) is 43.9 Å². The smallest absolute Gasteiger partial charge is 0.249 e. The molecule has 0 radical (unpaired) electrons. The van der Waals surface area contributed by atoms with Gasteiger partial charge in [-0.25, -0.2) is 0 Å². The standard InChI is InChI=1S/C19H25BrN2O3/c20-19-7-11-3-12(8-19)6-18(5-11,10-19)9-16(24)22(13-1-2-13)14-4-15(23)21-17(14)25/h11-14H,1-10H2,(H,21,23,25)/t11-,12-,14+,18?,19?/m1/s1. The molecule has 6 aliphatic rings. The van der Waals surface area contributed by atoms with Crippen molar-refractivity contribution in [1.29, 1.82) is 0 Å². The van der Waals surface area contributed by atoms with Crippen LogP contribution >= 0.6 is 15.9 Å². The monoisotopic (exact) mass is 408 g/mol. The summed E-state index contributed by atoms with van der Waals surface area (Å²) in [5.74, 6) is 1.07. The Balaban J connectivity index is 1.37. The summed E-state index contributed by atoms with van der Waals surface area (Å²) in [6, 6.07) is -0.402. The summed E-state index contributed by atoms with van der Waals surface area (Å²) in [4.78, 5) is 38.8. The number of amides is 3. The van der Waals surface area contributed by atoms with Crippen LogP contribution in [0, 0.1) is 17.3 Å². The lowest BCUT2D eigenvalue weighted by molar-refractivity contribution is -0.145. The third-order valence-electron chi connectivity index (χ3n) is 7.15. The predicted molar refractivity (Wildman–Crippen MR) is 94.8 cm³/mol. The third kappa shape index (κ3) is 2.75. The molecule has 0 spiro atoms. The lowest BCUT2D eigenvalue weighted by atomic mass is 9.48. The van der Waals surface area contributed by atoms with E-state index in [1.165, 1.54) is 19.3 Å². The van der Waals surface area contributed by atoms with Gasteiger partial charge in [0.25, 0.3) is 0 Å². The first kappa shape index (κ1) is 16.3. The van der Waals surface area contributed by atoms with Crippen molar-refractivity contribution >= 4 is 33.7 Å². The molecule has 0 aromatic heterocycles. The first-order chi connectivity index (χ1) is 11.8. The molecule has 4 bridgehead atoms. The third-order valence-corrected chi connectivity index (χ3v) is 8.07. The zero-order valence-electron chi connectivity index (χ0n) is 14.4. The van der Waals surface area contributed by atoms with Gasteiger partial charge in [0, 0.05) is 16.8 Å². The summed E-state index contributed by atoms with van der Waals surface area (Å²) in [5, 5.41) is 2.37. The summed E-state index contributed by atoms with van der Waals surface area (Å²) >= 11 is 4.01. The van der Waals surface area contributed by atoms with E-state index in [1.54, 1.807) is 4.90 Å². The molecule has 136 valence electrons. The predicted octanol–water partition coefficient (Wildman–Crippen LogP) is 2.52. The fraction of sp³-hybridized carbons (Fsp3) is 0.842. The van der Waals surface area contributed by atoms with Gasteiger partial charge >= 0.3 is 0 Å². The number of alkyl halides is 1. The van der Waals surface area contributed by atoms with Gasteiger partial charge in [-0.15, -0.1) is 0 Å². The molecule has 3 atom stereocenters. The number of nitrogens with one attached hydrogen (secondary N) is 1. The van der Waals surface area contributed by atoms with Crippen molar-refractivity contribution in [3.05, 3.63) is 0 Å². The molecule has 5 aliphatic carbocycles. The Morgan fingerprint density at radius 1 is 1.16 bits per heavy atom. The van der Waals surface area contributed by atoms with Gasteiger partial charge < -0.3 is 4.90 Å². The Morgan fingerprint density at radius 2 is 1.84 bits per heavy atom. The van der Waals surface area contributed by atoms with E-state index in [4.69, 9.17) is 0 Å². The summed E-state index contributed by atoms with van der Waals surface area (Å²) < 4.78 is 0.239. The molecular formula is C19H25BrN2O3. The Morgan fingerprint density at radius 3 is 2.36 bits per heavy atom. The highest BCUT2D eigenvalue weighted by atomic mass is 79.9. The number of nitrogens with zero attached hydrogens (tertiary/aromatic N) is 1. The second-order valence-electron chi connectivity index (χ2n) is 9.45. The minimum absolute atomic E-state index is 0.107. The Kier molecular flexibility index (Phi) is 3.45. The first-order valence-corrected chi connectivity index (χ1v) is 10.5. The maximum Gasteiger partial charge on any atom is 0.249 e. The highest BCUT2D eigenvalue weighted by Crippen LogP contribution is 2.65. The van der Waals surface area contributed by atoms with Crippen LogP contribution in [0.15, 0.2) is 0 Å². The van der Waals surface area contributed by atoms with Gasteiger partial charge in [0.1, 0.15) is 6.04 Å². The first-order valence-electron chi connectivity index (χ1n) is 9.69. The van der Waals surface area contributed by atoms with Crippen molar-refractivity contribution in [2.24, 2.45) is 17.3 Å². The van der Waals surface area contributed by atoms with Gasteiger partial charge in [0.15, 0.2) is 0 Å². The number of hydrogen-bond donors (Lipinski definition) is 1. The number of rotatable bonds is 4. The molecule has 25 heavy (non-hydrogen) atoms. The van der Waals surface area contributed by atoms with Crippen LogP contribution in [-0.4, -0.2) is 39.0 Å². The van der Waals surface area contributed by atoms with E-state index in [1.807, 2.05) is 0 Å². The average molecular weight is 409 g/mol. The van der Waals surface area contributed by atoms with Crippen molar-refractivity contribution in [2.75, 3.05) is 0 Å². The number of imide groups is 1. The average Bonchev–Trinajstić information content (AvgIpc) is 3.22. The van der Waals surface area contributed by atoms with Crippen molar-refractivity contribution in [1.82, 2.24) is 10.2 Å². The summed E-state index contributed by atoms with van der Waals surface area (Å²) in [7, 11) is 0. The molecule has 0 aromatic carbocycles. The Bertz CT molecular complexity index is 645. The van der Waals surface area contributed by atoms with Crippen LogP contribution in [0.5, 0.6) is 0 Å². The van der Waals surface area contributed by atoms with Crippen molar-refractivity contribution in [2.45, 2.75) is 80.6 Å². The second kappa shape index (κ2) is 5.30. The molecule has 5 nitrogen and oxygen atoms in total. The van der Waals surface area contributed by atoms with E-state index < -0.39 is 6.04 Å². The molecule has 1 heterocycles. The van der Waals surface area contributed by atoms with Crippen LogP contribution in [0.2, 0.25) is 0 Å². The van der Waals surface area contributed by atoms with E-state index in [0.29, 0.717) is 6.42 Å². The van der Waals surface area contributed by atoms with Gasteiger partial charge in [0.05, 0.1) is 6.42 Å². The Hall–Kier alpha value is -0.910. The van der Waals surface area contributed by atoms with E-state index in [2.05, 4.69) is 21.2 Å². The van der Waals surface area contributed by atoms with E-state index in [-0.39, 0.29) is 39.9 Å². The van der Waals surface area contributed by atoms with E-state index >= 15 is 0 Å². The van der Waals surface area contributed by atoms with Crippen LogP contribution in [0.4, 0.5) is 0 Å². The van der Waals surface area contributed by atoms with Crippen LogP contribution < -0.4 is 5.32 Å². The van der Waals surface area contributed by atoms with Gasteiger partial charge in [-0.05, 0) is 68.6 Å². The minimum Gasteiger partial charge on any atom is -0.327 e. The molecule has 5 saturated carbocycles. The maximum absolute atomic E-state index is 13.3. The van der Waals surface area contributed by atoms with Gasteiger partial charge in [-0.3, -0.25) is 19.7 Å². The molecular weight excluding hydrogens is 384 g/mol. The SMILES string of the molecule is O=C1C[C@H](N(C(=O)CC23C[C@H]4C[C@@H](CC(Br)(C4)C2)C3)C2CC2)C(=O)N1. The molecule has 6 fully saturated rings. The lowest BCUT2D eigenvalue weighted by Crippen LogP contribution is -2.55. The molecule has 3 amide bonds. The topological polar surface area (TPSA) is 66.5 Å². The molecule has 0 unspecified atom stereocenters. The number of hydrogen-bond acceptors (Lipinski definition) is 3. The van der Waals surface area contributed by atoms with Crippen molar-refractivity contribution < 1.29 is 14.4 Å². The van der Waals surface area contributed by atoms with Crippen LogP contribution in [0.25, 0.3) is 0 Å². The largest absolute Gasteiger partial charge is 0.327 e. The van der Waals surface area contributed by atoms with Crippen molar-refractivity contribution in [3.63, 3.8) is 0 Å². The lowest BCUT2D eigenvalue weighted by Gasteiger charge is -2.60. The zero-order valence-corrected chi connectivity index (χ0v) is 16.0. The highest BCUT2D eigenvalue weighted by molar-refractivity contribution is 9.10. The zero-order chi connectivity index (χ0) is 17.4. The summed E-state index contributed by atoms with van der Waals surface area (Å²) in [6.07, 6.45) is 9.88. The fourth-order valence-corrected chi connectivity index (χ4v) is 8.21. The molecule has 6 rings (SSSR count). The van der Waals surface area contributed by atoms with Crippen LogP contribution in [0.1, 0.15) is 64.2 Å². The highest BCUT2D eigenvalue weighted by Gasteiger charge is 2.58.